The minimum absolute atomic E-state index is 0.00238. The van der Waals surface area contributed by atoms with E-state index in [1.165, 1.54) is 26.2 Å². The first-order valence-electron chi connectivity index (χ1n) is 9.50. The Labute approximate surface area is 179 Å². The van der Waals surface area contributed by atoms with Gasteiger partial charge in [-0.25, -0.2) is 0 Å². The van der Waals surface area contributed by atoms with Gasteiger partial charge in [-0.1, -0.05) is 0 Å². The van der Waals surface area contributed by atoms with Gasteiger partial charge in [-0.2, -0.15) is 4.73 Å². The van der Waals surface area contributed by atoms with Gasteiger partial charge in [0.2, 0.25) is 0 Å². The predicted octanol–water partition coefficient (Wildman–Crippen LogP) is 3.28. The van der Waals surface area contributed by atoms with E-state index in [9.17, 15) is 14.8 Å². The number of aromatic nitrogens is 1. The van der Waals surface area contributed by atoms with Gasteiger partial charge in [-0.05, 0) is 45.7 Å². The normalized spacial score (nSPS) is 10.6. The number of carbonyl (C=O) groups excluding carboxylic acids is 2. The third kappa shape index (κ3) is 4.85. The number of rotatable bonds is 7. The maximum Gasteiger partial charge on any atom is 0.302 e. The van der Waals surface area contributed by atoms with Crippen molar-refractivity contribution in [2.45, 2.75) is 27.1 Å². The van der Waals surface area contributed by atoms with Crippen molar-refractivity contribution in [1.29, 1.82) is 0 Å². The molecule has 0 atom stereocenters. The number of methoxy groups -OCH3 is 2. The second kappa shape index (κ2) is 9.34. The Morgan fingerprint density at radius 2 is 1.48 bits per heavy atom. The average molecular weight is 425 g/mol. The molecule has 0 amide bonds. The molecular weight excluding hydrogens is 402 g/mol. The van der Waals surface area contributed by atoms with E-state index in [2.05, 4.69) is 0 Å². The number of esters is 2. The molecule has 0 aliphatic heterocycles. The summed E-state index contributed by atoms with van der Waals surface area (Å²) >= 11 is 0. The van der Waals surface area contributed by atoms with E-state index >= 15 is 0 Å². The molecule has 0 radical (unpaired) electrons. The summed E-state index contributed by atoms with van der Waals surface area (Å²) in [5.41, 5.74) is 2.81. The van der Waals surface area contributed by atoms with Crippen molar-refractivity contribution in [2.24, 2.45) is 0 Å². The molecular formula is C23H23NO7. The molecule has 0 spiro atoms. The number of carbonyl (C=O) groups is 2. The van der Waals surface area contributed by atoms with Crippen molar-refractivity contribution < 1.29 is 33.3 Å². The summed E-state index contributed by atoms with van der Waals surface area (Å²) < 4.78 is 22.1. The summed E-state index contributed by atoms with van der Waals surface area (Å²) in [6.45, 7) is 2.62. The highest BCUT2D eigenvalue weighted by molar-refractivity contribution is 6.01. The van der Waals surface area contributed by atoms with Crippen molar-refractivity contribution in [2.75, 3.05) is 14.2 Å². The van der Waals surface area contributed by atoms with E-state index in [0.717, 1.165) is 21.9 Å². The summed E-state index contributed by atoms with van der Waals surface area (Å²) in [6.07, 6.45) is 2.77. The largest absolute Gasteiger partial charge is 0.619 e. The molecule has 8 nitrogen and oxygen atoms in total. The van der Waals surface area contributed by atoms with Crippen LogP contribution in [0.4, 0.5) is 0 Å². The fourth-order valence-electron chi connectivity index (χ4n) is 3.38. The fraction of sp³-hybridized carbons (Fsp3) is 0.261. The molecule has 0 bridgehead atoms. The van der Waals surface area contributed by atoms with Crippen LogP contribution in [0.5, 0.6) is 11.5 Å². The molecule has 0 aliphatic rings. The lowest BCUT2D eigenvalue weighted by atomic mass is 9.90. The summed E-state index contributed by atoms with van der Waals surface area (Å²) in [5.74, 6) is 0.191. The van der Waals surface area contributed by atoms with Gasteiger partial charge in [0.1, 0.15) is 13.2 Å². The lowest BCUT2D eigenvalue weighted by Gasteiger charge is -2.19. The molecule has 0 fully saturated rings. The van der Waals surface area contributed by atoms with Gasteiger partial charge in [0, 0.05) is 31.5 Å². The van der Waals surface area contributed by atoms with Crippen LogP contribution < -0.4 is 14.2 Å². The van der Waals surface area contributed by atoms with Crippen LogP contribution >= 0.6 is 0 Å². The molecule has 3 rings (SSSR count). The Morgan fingerprint density at radius 3 is 2.06 bits per heavy atom. The Bertz CT molecular complexity index is 1120. The van der Waals surface area contributed by atoms with Crippen LogP contribution in [0.1, 0.15) is 25.0 Å². The van der Waals surface area contributed by atoms with Crippen LogP contribution in [0.25, 0.3) is 21.9 Å². The molecule has 2 aromatic carbocycles. The topological polar surface area (TPSA) is 98.0 Å². The summed E-state index contributed by atoms with van der Waals surface area (Å²) in [7, 11) is 3.09. The number of hydrogen-bond acceptors (Lipinski definition) is 7. The molecule has 0 aliphatic carbocycles. The lowest BCUT2D eigenvalue weighted by molar-refractivity contribution is -0.605. The number of fused-ring (bicyclic) bond motifs is 1. The number of nitrogens with zero attached hydrogens (tertiary/aromatic N) is 1. The molecule has 0 N–H and O–H groups in total. The van der Waals surface area contributed by atoms with Crippen LogP contribution in [0, 0.1) is 5.21 Å². The van der Waals surface area contributed by atoms with Crippen LogP contribution in [-0.4, -0.2) is 26.2 Å². The van der Waals surface area contributed by atoms with Crippen LogP contribution in [0.3, 0.4) is 0 Å². The van der Waals surface area contributed by atoms with Gasteiger partial charge in [-0.15, -0.1) is 0 Å². The first kappa shape index (κ1) is 21.9. The first-order chi connectivity index (χ1) is 14.8. The molecule has 1 aromatic heterocycles. The molecule has 1 heterocycles. The molecule has 162 valence electrons. The van der Waals surface area contributed by atoms with E-state index in [0.29, 0.717) is 27.4 Å². The zero-order valence-electron chi connectivity index (χ0n) is 17.8. The quantitative estimate of drug-likeness (QED) is 0.325. The number of pyridine rings is 1. The highest BCUT2D eigenvalue weighted by atomic mass is 16.5. The van der Waals surface area contributed by atoms with Crippen LogP contribution in [-0.2, 0) is 32.3 Å². The monoisotopic (exact) mass is 425 g/mol. The predicted molar refractivity (Wildman–Crippen MR) is 112 cm³/mol. The van der Waals surface area contributed by atoms with Crippen molar-refractivity contribution in [1.82, 2.24) is 0 Å². The van der Waals surface area contributed by atoms with Gasteiger partial charge in [0.25, 0.3) is 0 Å². The third-order valence-corrected chi connectivity index (χ3v) is 4.79. The zero-order chi connectivity index (χ0) is 22.5. The minimum Gasteiger partial charge on any atom is -0.619 e. The minimum atomic E-state index is -0.442. The molecule has 3 aromatic rings. The van der Waals surface area contributed by atoms with Gasteiger partial charge in [0.15, 0.2) is 23.9 Å². The summed E-state index contributed by atoms with van der Waals surface area (Å²) in [6, 6.07) is 8.85. The Hall–Kier alpha value is -3.81. The van der Waals surface area contributed by atoms with E-state index in [1.807, 2.05) is 18.2 Å². The van der Waals surface area contributed by atoms with Gasteiger partial charge in [-0.3, -0.25) is 9.59 Å². The van der Waals surface area contributed by atoms with E-state index in [1.54, 1.807) is 26.4 Å². The van der Waals surface area contributed by atoms with Gasteiger partial charge < -0.3 is 24.2 Å². The third-order valence-electron chi connectivity index (χ3n) is 4.79. The van der Waals surface area contributed by atoms with E-state index in [4.69, 9.17) is 18.9 Å². The summed E-state index contributed by atoms with van der Waals surface area (Å²) in [5, 5.41) is 13.2. The first-order valence-corrected chi connectivity index (χ1v) is 9.50. The number of benzene rings is 2. The van der Waals surface area contributed by atoms with Crippen molar-refractivity contribution in [3.8, 4) is 22.6 Å². The zero-order valence-corrected chi connectivity index (χ0v) is 17.8. The highest BCUT2D eigenvalue weighted by Crippen LogP contribution is 2.40. The van der Waals surface area contributed by atoms with Gasteiger partial charge >= 0.3 is 11.9 Å². The lowest BCUT2D eigenvalue weighted by Crippen LogP contribution is -2.23. The molecule has 0 unspecified atom stereocenters. The Balaban J connectivity index is 2.36. The SMILES string of the molecule is COc1cc2cc(COC(C)=O)c(COC(C)=O)c(-c3cc[n+]([O-])cc3)c2cc1OC. The molecule has 0 saturated carbocycles. The van der Waals surface area contributed by atoms with E-state index in [-0.39, 0.29) is 13.2 Å². The Morgan fingerprint density at radius 1 is 0.903 bits per heavy atom. The molecule has 8 heteroatoms. The number of hydrogen-bond donors (Lipinski definition) is 0. The van der Waals surface area contributed by atoms with Crippen LogP contribution in [0.2, 0.25) is 0 Å². The Kier molecular flexibility index (Phi) is 6.59. The van der Waals surface area contributed by atoms with Gasteiger partial charge in [0.05, 0.1) is 14.2 Å². The molecule has 31 heavy (non-hydrogen) atoms. The second-order valence-electron chi connectivity index (χ2n) is 6.82. The van der Waals surface area contributed by atoms with Crippen molar-refractivity contribution in [3.63, 3.8) is 0 Å². The number of ether oxygens (including phenoxy) is 4. The highest BCUT2D eigenvalue weighted by Gasteiger charge is 2.20. The van der Waals surface area contributed by atoms with E-state index < -0.39 is 11.9 Å². The summed E-state index contributed by atoms with van der Waals surface area (Å²) in [4.78, 5) is 23.0. The van der Waals surface area contributed by atoms with Crippen molar-refractivity contribution in [3.05, 3.63) is 59.1 Å². The standard InChI is InChI=1S/C23H23NO7/c1-14(25)30-12-18-9-17-10-21(28-3)22(29-4)11-19(17)23(20(18)13-31-15(2)26)16-5-7-24(27)8-6-16/h5-11H,12-13H2,1-4H3. The molecule has 0 saturated heterocycles. The maximum absolute atomic E-state index is 11.6. The van der Waals surface area contributed by atoms with Crippen LogP contribution in [0.15, 0.2) is 42.7 Å². The maximum atomic E-state index is 11.6. The second-order valence-corrected chi connectivity index (χ2v) is 6.82. The smallest absolute Gasteiger partial charge is 0.302 e. The average Bonchev–Trinajstić information content (AvgIpc) is 2.75. The fourth-order valence-corrected chi connectivity index (χ4v) is 3.38. The van der Waals surface area contributed by atoms with Crippen molar-refractivity contribution >= 4 is 22.7 Å².